The molecule has 0 aliphatic carbocycles. The number of ether oxygens (including phenoxy) is 1. The maximum Gasteiger partial charge on any atom is 0.127 e. The number of fused-ring (bicyclic) bond motifs is 1. The molecule has 0 atom stereocenters. The number of pyridine rings is 1. The summed E-state index contributed by atoms with van der Waals surface area (Å²) in [5.74, 6) is 1.64. The largest absolute Gasteiger partial charge is 0.457 e. The summed E-state index contributed by atoms with van der Waals surface area (Å²) in [6, 6.07) is 26.1. The SMILES string of the molecule is CSc1ccc2nccc(Nc3ccc(Oc4ccccc4)cc3)c2c1. The van der Waals surface area contributed by atoms with Gasteiger partial charge in [0, 0.05) is 27.9 Å². The summed E-state index contributed by atoms with van der Waals surface area (Å²) in [5.41, 5.74) is 3.03. The van der Waals surface area contributed by atoms with Gasteiger partial charge in [0.05, 0.1) is 5.52 Å². The molecule has 0 aliphatic rings. The van der Waals surface area contributed by atoms with Gasteiger partial charge in [-0.3, -0.25) is 4.98 Å². The van der Waals surface area contributed by atoms with E-state index >= 15 is 0 Å². The van der Waals surface area contributed by atoms with E-state index in [1.807, 2.05) is 66.9 Å². The summed E-state index contributed by atoms with van der Waals surface area (Å²) in [4.78, 5) is 5.67. The van der Waals surface area contributed by atoms with Gasteiger partial charge in [0.2, 0.25) is 0 Å². The summed E-state index contributed by atoms with van der Waals surface area (Å²) in [6.45, 7) is 0. The van der Waals surface area contributed by atoms with Crippen LogP contribution in [-0.4, -0.2) is 11.2 Å². The Kier molecular flexibility index (Phi) is 4.75. The Hall–Kier alpha value is -2.98. The van der Waals surface area contributed by atoms with E-state index in [1.54, 1.807) is 11.8 Å². The first kappa shape index (κ1) is 16.5. The van der Waals surface area contributed by atoms with E-state index in [1.165, 1.54) is 4.90 Å². The van der Waals surface area contributed by atoms with E-state index in [2.05, 4.69) is 34.8 Å². The third kappa shape index (κ3) is 3.65. The summed E-state index contributed by atoms with van der Waals surface area (Å²) in [6.07, 6.45) is 3.91. The molecule has 1 N–H and O–H groups in total. The number of benzene rings is 3. The molecule has 0 amide bonds. The van der Waals surface area contributed by atoms with Gasteiger partial charge in [0.25, 0.3) is 0 Å². The molecule has 0 saturated carbocycles. The molecule has 0 spiro atoms. The molecule has 0 unspecified atom stereocenters. The highest BCUT2D eigenvalue weighted by atomic mass is 32.2. The first-order chi connectivity index (χ1) is 12.8. The minimum absolute atomic E-state index is 0.811. The fourth-order valence-electron chi connectivity index (χ4n) is 2.75. The van der Waals surface area contributed by atoms with Crippen LogP contribution in [0, 0.1) is 0 Å². The lowest BCUT2D eigenvalue weighted by atomic mass is 10.2. The number of nitrogens with zero attached hydrogens (tertiary/aromatic N) is 1. The molecule has 1 aromatic heterocycles. The van der Waals surface area contributed by atoms with Crippen molar-refractivity contribution in [1.82, 2.24) is 4.98 Å². The molecule has 128 valence electrons. The molecule has 0 radical (unpaired) electrons. The predicted octanol–water partition coefficient (Wildman–Crippen LogP) is 6.49. The molecular weight excluding hydrogens is 340 g/mol. The molecular formula is C22H18N2OS. The van der Waals surface area contributed by atoms with Gasteiger partial charge >= 0.3 is 0 Å². The standard InChI is InChI=1S/C22H18N2OS/c1-26-19-11-12-21-20(15-19)22(13-14-23-21)24-16-7-9-18(10-8-16)25-17-5-3-2-4-6-17/h2-15H,1H3,(H,23,24). The Labute approximate surface area is 157 Å². The lowest BCUT2D eigenvalue weighted by Gasteiger charge is -2.11. The van der Waals surface area contributed by atoms with Gasteiger partial charge in [0.15, 0.2) is 0 Å². The number of rotatable bonds is 5. The van der Waals surface area contributed by atoms with Crippen LogP contribution < -0.4 is 10.1 Å². The topological polar surface area (TPSA) is 34.2 Å². The second-order valence-corrected chi connectivity index (χ2v) is 6.69. The summed E-state index contributed by atoms with van der Waals surface area (Å²) in [5, 5.41) is 4.60. The normalized spacial score (nSPS) is 10.7. The number of nitrogens with one attached hydrogen (secondary N) is 1. The molecule has 1 heterocycles. The summed E-state index contributed by atoms with van der Waals surface area (Å²) >= 11 is 1.73. The lowest BCUT2D eigenvalue weighted by molar-refractivity contribution is 0.483. The van der Waals surface area contributed by atoms with Gasteiger partial charge < -0.3 is 10.1 Å². The van der Waals surface area contributed by atoms with E-state index in [0.717, 1.165) is 33.8 Å². The average molecular weight is 358 g/mol. The number of hydrogen-bond donors (Lipinski definition) is 1. The number of para-hydroxylation sites is 1. The minimum Gasteiger partial charge on any atom is -0.457 e. The second kappa shape index (κ2) is 7.50. The third-order valence-electron chi connectivity index (χ3n) is 4.06. The van der Waals surface area contributed by atoms with E-state index in [9.17, 15) is 0 Å². The van der Waals surface area contributed by atoms with Crippen LogP contribution in [0.4, 0.5) is 11.4 Å². The molecule has 4 rings (SSSR count). The number of anilines is 2. The zero-order valence-corrected chi connectivity index (χ0v) is 15.2. The van der Waals surface area contributed by atoms with Crippen molar-refractivity contribution in [2.45, 2.75) is 4.90 Å². The van der Waals surface area contributed by atoms with E-state index in [-0.39, 0.29) is 0 Å². The maximum absolute atomic E-state index is 5.84. The number of thioether (sulfide) groups is 1. The van der Waals surface area contributed by atoms with Crippen molar-refractivity contribution in [3.8, 4) is 11.5 Å². The Bertz CT molecular complexity index is 1020. The van der Waals surface area contributed by atoms with Crippen molar-refractivity contribution in [2.75, 3.05) is 11.6 Å². The van der Waals surface area contributed by atoms with Crippen molar-refractivity contribution in [2.24, 2.45) is 0 Å². The van der Waals surface area contributed by atoms with Crippen molar-refractivity contribution in [1.29, 1.82) is 0 Å². The lowest BCUT2D eigenvalue weighted by Crippen LogP contribution is -1.93. The van der Waals surface area contributed by atoms with Gasteiger partial charge in [-0.05, 0) is 66.9 Å². The molecule has 0 fully saturated rings. The first-order valence-corrected chi connectivity index (χ1v) is 9.57. The summed E-state index contributed by atoms with van der Waals surface area (Å²) in [7, 11) is 0. The molecule has 0 bridgehead atoms. The van der Waals surface area contributed by atoms with Gasteiger partial charge in [0.1, 0.15) is 11.5 Å². The van der Waals surface area contributed by atoms with Gasteiger partial charge in [-0.1, -0.05) is 18.2 Å². The highest BCUT2D eigenvalue weighted by molar-refractivity contribution is 7.98. The van der Waals surface area contributed by atoms with Gasteiger partial charge in [-0.25, -0.2) is 0 Å². The van der Waals surface area contributed by atoms with Crippen molar-refractivity contribution < 1.29 is 4.74 Å². The van der Waals surface area contributed by atoms with Crippen LogP contribution in [0.5, 0.6) is 11.5 Å². The van der Waals surface area contributed by atoms with Gasteiger partial charge in [-0.2, -0.15) is 0 Å². The van der Waals surface area contributed by atoms with Crippen molar-refractivity contribution in [3.05, 3.63) is 85.1 Å². The van der Waals surface area contributed by atoms with E-state index in [4.69, 9.17) is 4.74 Å². The van der Waals surface area contributed by atoms with Crippen LogP contribution in [0.1, 0.15) is 0 Å². The van der Waals surface area contributed by atoms with Crippen LogP contribution in [0.3, 0.4) is 0 Å². The molecule has 4 heteroatoms. The quantitative estimate of drug-likeness (QED) is 0.413. The van der Waals surface area contributed by atoms with E-state index in [0.29, 0.717) is 0 Å². The van der Waals surface area contributed by atoms with Gasteiger partial charge in [-0.15, -0.1) is 11.8 Å². The van der Waals surface area contributed by atoms with Crippen molar-refractivity contribution >= 4 is 34.0 Å². The number of hydrogen-bond acceptors (Lipinski definition) is 4. The molecule has 0 aliphatic heterocycles. The molecule has 0 saturated heterocycles. The fraction of sp³-hybridized carbons (Fsp3) is 0.0455. The number of aromatic nitrogens is 1. The fourth-order valence-corrected chi connectivity index (χ4v) is 3.19. The monoisotopic (exact) mass is 358 g/mol. The zero-order chi connectivity index (χ0) is 17.8. The highest BCUT2D eigenvalue weighted by Crippen LogP contribution is 2.30. The first-order valence-electron chi connectivity index (χ1n) is 8.34. The van der Waals surface area contributed by atoms with Crippen LogP contribution in [0.25, 0.3) is 10.9 Å². The highest BCUT2D eigenvalue weighted by Gasteiger charge is 2.04. The smallest absolute Gasteiger partial charge is 0.127 e. The average Bonchev–Trinajstić information content (AvgIpc) is 2.70. The molecule has 26 heavy (non-hydrogen) atoms. The Balaban J connectivity index is 1.57. The van der Waals surface area contributed by atoms with E-state index < -0.39 is 0 Å². The second-order valence-electron chi connectivity index (χ2n) is 5.81. The predicted molar refractivity (Wildman–Crippen MR) is 110 cm³/mol. The zero-order valence-electron chi connectivity index (χ0n) is 14.3. The summed E-state index contributed by atoms with van der Waals surface area (Å²) < 4.78 is 5.84. The Morgan fingerprint density at radius 3 is 2.38 bits per heavy atom. The third-order valence-corrected chi connectivity index (χ3v) is 4.79. The van der Waals surface area contributed by atoms with Crippen LogP contribution in [0.15, 0.2) is 90.0 Å². The van der Waals surface area contributed by atoms with Crippen LogP contribution in [-0.2, 0) is 0 Å². The molecule has 3 nitrogen and oxygen atoms in total. The minimum atomic E-state index is 0.811. The molecule has 3 aromatic carbocycles. The Morgan fingerprint density at radius 1 is 0.846 bits per heavy atom. The maximum atomic E-state index is 5.84. The van der Waals surface area contributed by atoms with Crippen LogP contribution >= 0.6 is 11.8 Å². The Morgan fingerprint density at radius 2 is 1.62 bits per heavy atom. The molecule has 4 aromatic rings. The van der Waals surface area contributed by atoms with Crippen molar-refractivity contribution in [3.63, 3.8) is 0 Å². The van der Waals surface area contributed by atoms with Crippen LogP contribution in [0.2, 0.25) is 0 Å².